The van der Waals surface area contributed by atoms with E-state index in [0.29, 0.717) is 25.3 Å². The van der Waals surface area contributed by atoms with Crippen LogP contribution < -0.4 is 4.72 Å². The van der Waals surface area contributed by atoms with Crippen molar-refractivity contribution in [2.75, 3.05) is 19.3 Å². The van der Waals surface area contributed by atoms with E-state index in [-0.39, 0.29) is 12.5 Å². The number of carbonyl (C=O) groups is 1. The standard InChI is InChI=1S/C11H18N4O4S/c1-8(16)10-5-9-7-14(3-4-15(9)13-10)11(17)6-12-20(2,18)19/h5,8,12,16H,3-4,6-7H2,1-2H3. The van der Waals surface area contributed by atoms with Crippen molar-refractivity contribution in [2.45, 2.75) is 26.1 Å². The Bertz CT molecular complexity index is 608. The Morgan fingerprint density at radius 3 is 2.85 bits per heavy atom. The highest BCUT2D eigenvalue weighted by Crippen LogP contribution is 2.17. The molecule has 20 heavy (non-hydrogen) atoms. The molecule has 1 unspecified atom stereocenters. The Labute approximate surface area is 117 Å². The number of nitrogens with one attached hydrogen (secondary N) is 1. The van der Waals surface area contributed by atoms with Crippen LogP contribution in [0.1, 0.15) is 24.4 Å². The fraction of sp³-hybridized carbons (Fsp3) is 0.636. The molecule has 1 aromatic rings. The zero-order valence-corrected chi connectivity index (χ0v) is 12.2. The summed E-state index contributed by atoms with van der Waals surface area (Å²) in [5, 5.41) is 13.7. The summed E-state index contributed by atoms with van der Waals surface area (Å²) in [7, 11) is -3.37. The SMILES string of the molecule is CC(O)c1cc2n(n1)CCN(C(=O)CNS(C)(=O)=O)C2. The Morgan fingerprint density at radius 2 is 2.25 bits per heavy atom. The molecule has 0 spiro atoms. The van der Waals surface area contributed by atoms with Gasteiger partial charge in [0.15, 0.2) is 0 Å². The number of hydrogen-bond donors (Lipinski definition) is 2. The molecule has 1 atom stereocenters. The first-order chi connectivity index (χ1) is 9.26. The Kier molecular flexibility index (Phi) is 4.11. The normalized spacial score (nSPS) is 16.9. The average molecular weight is 302 g/mol. The molecule has 2 rings (SSSR count). The van der Waals surface area contributed by atoms with E-state index >= 15 is 0 Å². The molecule has 1 aliphatic heterocycles. The number of fused-ring (bicyclic) bond motifs is 1. The van der Waals surface area contributed by atoms with Crippen molar-refractivity contribution >= 4 is 15.9 Å². The number of amides is 1. The van der Waals surface area contributed by atoms with E-state index in [0.717, 1.165) is 11.9 Å². The van der Waals surface area contributed by atoms with Gasteiger partial charge in [0.25, 0.3) is 0 Å². The monoisotopic (exact) mass is 302 g/mol. The largest absolute Gasteiger partial charge is 0.387 e. The molecule has 2 N–H and O–H groups in total. The molecule has 0 bridgehead atoms. The number of nitrogens with zero attached hydrogens (tertiary/aromatic N) is 3. The number of hydrogen-bond acceptors (Lipinski definition) is 5. The van der Waals surface area contributed by atoms with Gasteiger partial charge in [-0.15, -0.1) is 0 Å². The van der Waals surface area contributed by atoms with Gasteiger partial charge in [-0.2, -0.15) is 5.10 Å². The van der Waals surface area contributed by atoms with E-state index < -0.39 is 16.1 Å². The van der Waals surface area contributed by atoms with Gasteiger partial charge < -0.3 is 10.0 Å². The zero-order chi connectivity index (χ0) is 14.9. The highest BCUT2D eigenvalue weighted by Gasteiger charge is 2.23. The number of aromatic nitrogens is 2. The van der Waals surface area contributed by atoms with Gasteiger partial charge in [0.2, 0.25) is 15.9 Å². The Morgan fingerprint density at radius 1 is 1.55 bits per heavy atom. The summed E-state index contributed by atoms with van der Waals surface area (Å²) in [5.74, 6) is -0.276. The van der Waals surface area contributed by atoms with Crippen LogP contribution in [0.3, 0.4) is 0 Å². The summed E-state index contributed by atoms with van der Waals surface area (Å²) >= 11 is 0. The minimum absolute atomic E-state index is 0.240. The van der Waals surface area contributed by atoms with Crippen LogP contribution in [-0.4, -0.2) is 53.5 Å². The quantitative estimate of drug-likeness (QED) is 0.729. The van der Waals surface area contributed by atoms with Crippen LogP contribution in [0.2, 0.25) is 0 Å². The average Bonchev–Trinajstić information content (AvgIpc) is 2.77. The van der Waals surface area contributed by atoms with Crippen molar-refractivity contribution < 1.29 is 18.3 Å². The lowest BCUT2D eigenvalue weighted by Crippen LogP contribution is -2.43. The van der Waals surface area contributed by atoms with Gasteiger partial charge in [-0.3, -0.25) is 9.48 Å². The molecule has 112 valence electrons. The van der Waals surface area contributed by atoms with E-state index in [1.807, 2.05) is 0 Å². The van der Waals surface area contributed by atoms with Gasteiger partial charge in [-0.1, -0.05) is 0 Å². The van der Waals surface area contributed by atoms with E-state index in [1.54, 1.807) is 22.6 Å². The van der Waals surface area contributed by atoms with Crippen LogP contribution in [0.5, 0.6) is 0 Å². The van der Waals surface area contributed by atoms with Crippen molar-refractivity contribution in [1.29, 1.82) is 0 Å². The topological polar surface area (TPSA) is 105 Å². The van der Waals surface area contributed by atoms with Crippen molar-refractivity contribution in [2.24, 2.45) is 0 Å². The van der Waals surface area contributed by atoms with E-state index in [2.05, 4.69) is 9.82 Å². The second kappa shape index (κ2) is 5.51. The van der Waals surface area contributed by atoms with E-state index in [4.69, 9.17) is 0 Å². The molecule has 0 fully saturated rings. The molecule has 0 aliphatic carbocycles. The van der Waals surface area contributed by atoms with Crippen molar-refractivity contribution in [3.05, 3.63) is 17.5 Å². The minimum Gasteiger partial charge on any atom is -0.387 e. The van der Waals surface area contributed by atoms with Crippen molar-refractivity contribution in [3.8, 4) is 0 Å². The Balaban J connectivity index is 2.01. The van der Waals surface area contributed by atoms with E-state index in [9.17, 15) is 18.3 Å². The fourth-order valence-electron chi connectivity index (χ4n) is 2.01. The summed E-state index contributed by atoms with van der Waals surface area (Å²) < 4.78 is 25.9. The minimum atomic E-state index is -3.37. The van der Waals surface area contributed by atoms with Gasteiger partial charge in [0.1, 0.15) is 0 Å². The first kappa shape index (κ1) is 14.9. The summed E-state index contributed by atoms with van der Waals surface area (Å²) in [6.07, 6.45) is 0.365. The molecular formula is C11H18N4O4S. The first-order valence-electron chi connectivity index (χ1n) is 6.23. The highest BCUT2D eigenvalue weighted by atomic mass is 32.2. The lowest BCUT2D eigenvalue weighted by molar-refractivity contribution is -0.131. The molecule has 8 nitrogen and oxygen atoms in total. The lowest BCUT2D eigenvalue weighted by atomic mass is 10.2. The number of rotatable bonds is 4. The van der Waals surface area contributed by atoms with Crippen LogP contribution in [0.4, 0.5) is 0 Å². The smallest absolute Gasteiger partial charge is 0.238 e. The molecule has 1 aromatic heterocycles. The number of aliphatic hydroxyl groups is 1. The van der Waals surface area contributed by atoms with Gasteiger partial charge in [0.05, 0.1) is 43.4 Å². The van der Waals surface area contributed by atoms with Crippen LogP contribution in [0.25, 0.3) is 0 Å². The molecule has 2 heterocycles. The summed E-state index contributed by atoms with van der Waals surface area (Å²) in [5.41, 5.74) is 1.41. The van der Waals surface area contributed by atoms with Crippen molar-refractivity contribution in [1.82, 2.24) is 19.4 Å². The van der Waals surface area contributed by atoms with E-state index in [1.165, 1.54) is 0 Å². The van der Waals surface area contributed by atoms with Gasteiger partial charge in [0, 0.05) is 6.54 Å². The predicted octanol–water partition coefficient (Wildman–Crippen LogP) is -1.17. The third kappa shape index (κ3) is 3.56. The third-order valence-corrected chi connectivity index (χ3v) is 3.75. The molecule has 1 aliphatic rings. The maximum atomic E-state index is 11.9. The summed E-state index contributed by atoms with van der Waals surface area (Å²) in [4.78, 5) is 13.5. The summed E-state index contributed by atoms with van der Waals surface area (Å²) in [6.45, 7) is 2.76. The van der Waals surface area contributed by atoms with Gasteiger partial charge in [-0.25, -0.2) is 13.1 Å². The Hall–Kier alpha value is -1.45. The third-order valence-electron chi connectivity index (χ3n) is 3.08. The number of sulfonamides is 1. The van der Waals surface area contributed by atoms with Gasteiger partial charge >= 0.3 is 0 Å². The lowest BCUT2D eigenvalue weighted by Gasteiger charge is -2.27. The number of aliphatic hydroxyl groups excluding tert-OH is 1. The zero-order valence-electron chi connectivity index (χ0n) is 11.4. The molecule has 0 radical (unpaired) electrons. The van der Waals surface area contributed by atoms with Crippen LogP contribution in [-0.2, 0) is 27.9 Å². The number of carbonyl (C=O) groups excluding carboxylic acids is 1. The molecule has 0 saturated carbocycles. The van der Waals surface area contributed by atoms with Gasteiger partial charge in [-0.05, 0) is 13.0 Å². The first-order valence-corrected chi connectivity index (χ1v) is 8.12. The predicted molar refractivity (Wildman–Crippen MR) is 71.1 cm³/mol. The molecular weight excluding hydrogens is 284 g/mol. The van der Waals surface area contributed by atoms with Crippen LogP contribution in [0, 0.1) is 0 Å². The maximum Gasteiger partial charge on any atom is 0.238 e. The molecule has 0 aromatic carbocycles. The second-order valence-electron chi connectivity index (χ2n) is 4.87. The fourth-order valence-corrected chi connectivity index (χ4v) is 2.40. The summed E-state index contributed by atoms with van der Waals surface area (Å²) in [6, 6.07) is 1.76. The van der Waals surface area contributed by atoms with Crippen molar-refractivity contribution in [3.63, 3.8) is 0 Å². The highest BCUT2D eigenvalue weighted by molar-refractivity contribution is 7.88. The maximum absolute atomic E-state index is 11.9. The molecule has 0 saturated heterocycles. The molecule has 1 amide bonds. The molecule has 9 heteroatoms. The van der Waals surface area contributed by atoms with Crippen LogP contribution >= 0.6 is 0 Å². The second-order valence-corrected chi connectivity index (χ2v) is 6.70. The van der Waals surface area contributed by atoms with Crippen LogP contribution in [0.15, 0.2) is 6.07 Å².